The van der Waals surface area contributed by atoms with Gasteiger partial charge in [-0.1, -0.05) is 6.92 Å². The predicted octanol–water partition coefficient (Wildman–Crippen LogP) is 1.81. The maximum atomic E-state index is 10.6. The van der Waals surface area contributed by atoms with Gasteiger partial charge in [0.1, 0.15) is 10.8 Å². The van der Waals surface area contributed by atoms with E-state index < -0.39 is 5.97 Å². The van der Waals surface area contributed by atoms with Crippen LogP contribution in [0.5, 0.6) is 0 Å². The zero-order valence-electron chi connectivity index (χ0n) is 9.75. The molecule has 0 saturated heterocycles. The number of carbonyl (C=O) groups is 1. The summed E-state index contributed by atoms with van der Waals surface area (Å²) in [5, 5.41) is 12.7. The van der Waals surface area contributed by atoms with Crippen molar-refractivity contribution in [2.45, 2.75) is 19.9 Å². The van der Waals surface area contributed by atoms with E-state index in [4.69, 9.17) is 5.11 Å². The second-order valence-electron chi connectivity index (χ2n) is 3.52. The summed E-state index contributed by atoms with van der Waals surface area (Å²) < 4.78 is 0. The zero-order chi connectivity index (χ0) is 13.0. The van der Waals surface area contributed by atoms with Gasteiger partial charge in [0, 0.05) is 11.1 Å². The van der Waals surface area contributed by atoms with Gasteiger partial charge in [-0.3, -0.25) is 0 Å². The molecule has 2 rings (SSSR count). The Morgan fingerprint density at radius 1 is 1.33 bits per heavy atom. The molecule has 2 aromatic heterocycles. The molecule has 18 heavy (non-hydrogen) atoms. The molecule has 0 saturated carbocycles. The average molecular weight is 264 g/mol. The van der Waals surface area contributed by atoms with Crippen molar-refractivity contribution in [1.29, 1.82) is 0 Å². The first-order valence-electron chi connectivity index (χ1n) is 5.42. The smallest absolute Gasteiger partial charge is 0.356 e. The number of carboxylic acids is 1. The molecule has 0 amide bonds. The molecule has 0 aliphatic rings. The van der Waals surface area contributed by atoms with E-state index in [1.807, 2.05) is 6.20 Å². The van der Waals surface area contributed by atoms with Crippen LogP contribution in [0.3, 0.4) is 0 Å². The summed E-state index contributed by atoms with van der Waals surface area (Å²) in [6, 6.07) is 0. The van der Waals surface area contributed by atoms with Crippen molar-refractivity contribution in [3.05, 3.63) is 34.2 Å². The molecule has 0 aliphatic heterocycles. The van der Waals surface area contributed by atoms with Gasteiger partial charge in [-0.05, 0) is 6.42 Å². The van der Waals surface area contributed by atoms with Gasteiger partial charge in [0.05, 0.1) is 18.9 Å². The molecule has 7 heteroatoms. The van der Waals surface area contributed by atoms with Crippen LogP contribution in [-0.4, -0.2) is 26.0 Å². The summed E-state index contributed by atoms with van der Waals surface area (Å²) in [6.07, 6.45) is 5.47. The third-order valence-corrected chi connectivity index (χ3v) is 3.38. The van der Waals surface area contributed by atoms with E-state index in [0.29, 0.717) is 12.4 Å². The third kappa shape index (κ3) is 3.01. The Morgan fingerprint density at radius 3 is 2.72 bits per heavy atom. The fourth-order valence-electron chi connectivity index (χ4n) is 1.29. The Bertz CT molecular complexity index is 538. The van der Waals surface area contributed by atoms with Crippen LogP contribution in [-0.2, 0) is 13.0 Å². The van der Waals surface area contributed by atoms with Crippen molar-refractivity contribution in [3.63, 3.8) is 0 Å². The van der Waals surface area contributed by atoms with Gasteiger partial charge in [0.2, 0.25) is 0 Å². The Kier molecular flexibility index (Phi) is 3.83. The molecule has 0 aromatic carbocycles. The number of hydrogen-bond acceptors (Lipinski definition) is 6. The number of anilines is 1. The van der Waals surface area contributed by atoms with Gasteiger partial charge in [0.25, 0.3) is 0 Å². The highest BCUT2D eigenvalue weighted by Gasteiger charge is 2.05. The molecule has 0 bridgehead atoms. The number of rotatable bonds is 5. The van der Waals surface area contributed by atoms with Crippen LogP contribution in [0.1, 0.15) is 27.3 Å². The highest BCUT2D eigenvalue weighted by molar-refractivity contribution is 7.11. The van der Waals surface area contributed by atoms with Crippen LogP contribution >= 0.6 is 11.3 Å². The molecule has 94 valence electrons. The van der Waals surface area contributed by atoms with Gasteiger partial charge in [-0.25, -0.2) is 19.7 Å². The number of aromatic nitrogens is 3. The standard InChI is InChI=1S/C11H12N4O2S/c1-2-7-3-15-10(18-7)6-14-9-5-12-8(4-13-9)11(16)17/h3-5H,2,6H2,1H3,(H,13,14)(H,16,17). The normalized spacial score (nSPS) is 10.3. The minimum Gasteiger partial charge on any atom is -0.476 e. The Labute approximate surface area is 108 Å². The largest absolute Gasteiger partial charge is 0.476 e. The second-order valence-corrected chi connectivity index (χ2v) is 4.72. The first kappa shape index (κ1) is 12.4. The van der Waals surface area contributed by atoms with Crippen molar-refractivity contribution in [3.8, 4) is 0 Å². The highest BCUT2D eigenvalue weighted by Crippen LogP contribution is 2.14. The fraction of sp³-hybridized carbons (Fsp3) is 0.273. The minimum absolute atomic E-state index is 0.0666. The molecule has 0 unspecified atom stereocenters. The van der Waals surface area contributed by atoms with Crippen molar-refractivity contribution in [2.75, 3.05) is 5.32 Å². The van der Waals surface area contributed by atoms with E-state index in [0.717, 1.165) is 11.4 Å². The summed E-state index contributed by atoms with van der Waals surface area (Å²) in [6.45, 7) is 2.65. The van der Waals surface area contributed by atoms with Gasteiger partial charge in [-0.15, -0.1) is 11.3 Å². The number of nitrogens with zero attached hydrogens (tertiary/aromatic N) is 3. The molecular weight excluding hydrogens is 252 g/mol. The quantitative estimate of drug-likeness (QED) is 0.856. The lowest BCUT2D eigenvalue weighted by atomic mass is 10.4. The number of hydrogen-bond donors (Lipinski definition) is 2. The Balaban J connectivity index is 1.95. The Morgan fingerprint density at radius 2 is 2.17 bits per heavy atom. The van der Waals surface area contributed by atoms with Gasteiger partial charge < -0.3 is 10.4 Å². The number of nitrogens with one attached hydrogen (secondary N) is 1. The molecule has 6 nitrogen and oxygen atoms in total. The molecule has 0 atom stereocenters. The SMILES string of the molecule is CCc1cnc(CNc2cnc(C(=O)O)cn2)s1. The number of aryl methyl sites for hydroxylation is 1. The molecule has 0 spiro atoms. The molecule has 0 aliphatic carbocycles. The predicted molar refractivity (Wildman–Crippen MR) is 67.8 cm³/mol. The molecule has 0 fully saturated rings. The van der Waals surface area contributed by atoms with E-state index in [-0.39, 0.29) is 5.69 Å². The van der Waals surface area contributed by atoms with Crippen LogP contribution in [0.2, 0.25) is 0 Å². The second kappa shape index (κ2) is 5.54. The molecule has 2 heterocycles. The van der Waals surface area contributed by atoms with Crippen LogP contribution in [0.25, 0.3) is 0 Å². The van der Waals surface area contributed by atoms with Crippen LogP contribution in [0.15, 0.2) is 18.6 Å². The molecule has 0 radical (unpaired) electrons. The zero-order valence-corrected chi connectivity index (χ0v) is 10.6. The minimum atomic E-state index is -1.08. The van der Waals surface area contributed by atoms with E-state index in [9.17, 15) is 4.79 Å². The molecule has 2 aromatic rings. The van der Waals surface area contributed by atoms with Crippen molar-refractivity contribution < 1.29 is 9.90 Å². The van der Waals surface area contributed by atoms with Crippen molar-refractivity contribution in [1.82, 2.24) is 15.0 Å². The van der Waals surface area contributed by atoms with E-state index in [1.54, 1.807) is 11.3 Å². The van der Waals surface area contributed by atoms with Gasteiger partial charge >= 0.3 is 5.97 Å². The first-order valence-corrected chi connectivity index (χ1v) is 6.23. The lowest BCUT2D eigenvalue weighted by Crippen LogP contribution is -2.05. The summed E-state index contributed by atoms with van der Waals surface area (Å²) in [5.41, 5.74) is -0.0666. The Hall–Kier alpha value is -2.02. The third-order valence-electron chi connectivity index (χ3n) is 2.24. The fourth-order valence-corrected chi connectivity index (χ4v) is 2.09. The average Bonchev–Trinajstić information content (AvgIpc) is 2.85. The lowest BCUT2D eigenvalue weighted by Gasteiger charge is -2.02. The topological polar surface area (TPSA) is 88.0 Å². The van der Waals surface area contributed by atoms with E-state index in [2.05, 4.69) is 27.2 Å². The van der Waals surface area contributed by atoms with Crippen LogP contribution < -0.4 is 5.32 Å². The summed E-state index contributed by atoms with van der Waals surface area (Å²) in [5.74, 6) is -0.546. The van der Waals surface area contributed by atoms with Crippen molar-refractivity contribution >= 4 is 23.1 Å². The van der Waals surface area contributed by atoms with E-state index >= 15 is 0 Å². The monoisotopic (exact) mass is 264 g/mol. The summed E-state index contributed by atoms with van der Waals surface area (Å²) in [4.78, 5) is 23.8. The molecule has 2 N–H and O–H groups in total. The van der Waals surface area contributed by atoms with Crippen LogP contribution in [0, 0.1) is 0 Å². The van der Waals surface area contributed by atoms with Gasteiger partial charge in [-0.2, -0.15) is 0 Å². The maximum absolute atomic E-state index is 10.6. The van der Waals surface area contributed by atoms with Crippen molar-refractivity contribution in [2.24, 2.45) is 0 Å². The summed E-state index contributed by atoms with van der Waals surface area (Å²) >= 11 is 1.64. The molecular formula is C11H12N4O2S. The maximum Gasteiger partial charge on any atom is 0.356 e. The van der Waals surface area contributed by atoms with E-state index in [1.165, 1.54) is 17.3 Å². The number of thiazole rings is 1. The van der Waals surface area contributed by atoms with Gasteiger partial charge in [0.15, 0.2) is 5.69 Å². The number of aromatic carboxylic acids is 1. The number of carboxylic acid groups (broad SMARTS) is 1. The summed E-state index contributed by atoms with van der Waals surface area (Å²) in [7, 11) is 0. The first-order chi connectivity index (χ1) is 8.69. The lowest BCUT2D eigenvalue weighted by molar-refractivity contribution is 0.0690. The highest BCUT2D eigenvalue weighted by atomic mass is 32.1. The van der Waals surface area contributed by atoms with Crippen LogP contribution in [0.4, 0.5) is 5.82 Å².